The topological polar surface area (TPSA) is 67.9 Å². The molecule has 3 rings (SSSR count). The molecule has 1 fully saturated rings. The molecule has 2 heterocycles. The molecule has 0 saturated carbocycles. The number of halogens is 1. The third-order valence-electron chi connectivity index (χ3n) is 4.02. The second-order valence-corrected chi connectivity index (χ2v) is 5.76. The number of hydrogen-bond donors (Lipinski definition) is 1. The Bertz CT molecular complexity index is 627. The van der Waals surface area contributed by atoms with Crippen molar-refractivity contribution in [2.75, 3.05) is 0 Å². The monoisotopic (exact) mass is 305 g/mol. The van der Waals surface area contributed by atoms with Crippen LogP contribution in [-0.4, -0.2) is 27.3 Å². The van der Waals surface area contributed by atoms with Crippen LogP contribution in [0.2, 0.25) is 5.02 Å². The van der Waals surface area contributed by atoms with Gasteiger partial charge in [0.15, 0.2) is 5.82 Å². The lowest BCUT2D eigenvalue weighted by Gasteiger charge is -2.24. The summed E-state index contributed by atoms with van der Waals surface area (Å²) in [7, 11) is 0. The second-order valence-electron chi connectivity index (χ2n) is 5.32. The molecular formula is C15H16ClN3O2. The third kappa shape index (κ3) is 2.53. The highest BCUT2D eigenvalue weighted by Crippen LogP contribution is 2.41. The van der Waals surface area contributed by atoms with E-state index in [-0.39, 0.29) is 12.1 Å². The highest BCUT2D eigenvalue weighted by molar-refractivity contribution is 6.30. The Kier molecular flexibility index (Phi) is 3.68. The molecule has 21 heavy (non-hydrogen) atoms. The molecule has 2 unspecified atom stereocenters. The summed E-state index contributed by atoms with van der Waals surface area (Å²) in [6, 6.07) is 7.36. The molecule has 110 valence electrons. The van der Waals surface area contributed by atoms with Gasteiger partial charge in [0.25, 0.3) is 0 Å². The number of aromatic nitrogens is 3. The number of rotatable bonds is 4. The maximum Gasteiger partial charge on any atom is 0.317 e. The van der Waals surface area contributed by atoms with Crippen molar-refractivity contribution in [3.63, 3.8) is 0 Å². The molecular weight excluding hydrogens is 290 g/mol. The minimum absolute atomic E-state index is 0.0629. The fraction of sp³-hybridized carbons (Fsp3) is 0.400. The molecule has 1 aliphatic heterocycles. The zero-order valence-corrected chi connectivity index (χ0v) is 12.4. The van der Waals surface area contributed by atoms with Gasteiger partial charge in [-0.2, -0.15) is 5.10 Å². The molecule has 1 aromatic heterocycles. The summed E-state index contributed by atoms with van der Waals surface area (Å²) in [6.45, 7) is 2.02. The molecule has 1 aliphatic rings. The fourth-order valence-corrected chi connectivity index (χ4v) is 2.97. The molecule has 2 atom stereocenters. The zero-order valence-electron chi connectivity index (χ0n) is 11.7. The largest absolute Gasteiger partial charge is 0.462 e. The van der Waals surface area contributed by atoms with Gasteiger partial charge in [-0.05, 0) is 24.1 Å². The quantitative estimate of drug-likeness (QED) is 0.882. The van der Waals surface area contributed by atoms with E-state index in [4.69, 9.17) is 16.3 Å². The van der Waals surface area contributed by atoms with Crippen molar-refractivity contribution >= 4 is 17.6 Å². The van der Waals surface area contributed by atoms with Gasteiger partial charge in [0.05, 0.1) is 0 Å². The minimum atomic E-state index is -0.729. The van der Waals surface area contributed by atoms with Gasteiger partial charge in [-0.15, -0.1) is 0 Å². The zero-order chi connectivity index (χ0) is 14.9. The van der Waals surface area contributed by atoms with Crippen LogP contribution in [0.3, 0.4) is 0 Å². The highest BCUT2D eigenvalue weighted by atomic mass is 35.5. The molecule has 0 bridgehead atoms. The first kappa shape index (κ1) is 14.1. The minimum Gasteiger partial charge on any atom is -0.462 e. The van der Waals surface area contributed by atoms with Crippen LogP contribution in [0.4, 0.5) is 0 Å². The standard InChI is InChI=1S/C15H16ClN3O2/c1-2-12-7-15(14(20)21-12,8-13-17-9-18-19-13)10-3-5-11(16)6-4-10/h3-6,9,12H,2,7-8H2,1H3,(H,17,18,19). The van der Waals surface area contributed by atoms with Gasteiger partial charge < -0.3 is 4.74 Å². The van der Waals surface area contributed by atoms with Gasteiger partial charge in [0.2, 0.25) is 0 Å². The molecule has 5 nitrogen and oxygen atoms in total. The summed E-state index contributed by atoms with van der Waals surface area (Å²) in [6.07, 6.45) is 3.32. The molecule has 0 aliphatic carbocycles. The Morgan fingerprint density at radius 3 is 2.76 bits per heavy atom. The van der Waals surface area contributed by atoms with E-state index >= 15 is 0 Å². The van der Waals surface area contributed by atoms with Gasteiger partial charge in [0.1, 0.15) is 17.8 Å². The average Bonchev–Trinajstić information content (AvgIpc) is 3.09. The van der Waals surface area contributed by atoms with Crippen molar-refractivity contribution in [2.24, 2.45) is 0 Å². The fourth-order valence-electron chi connectivity index (χ4n) is 2.85. The Balaban J connectivity index is 2.02. The lowest BCUT2D eigenvalue weighted by atomic mass is 9.75. The summed E-state index contributed by atoms with van der Waals surface area (Å²) >= 11 is 5.95. The predicted octanol–water partition coefficient (Wildman–Crippen LogP) is 2.66. The molecule has 0 amide bonds. The van der Waals surface area contributed by atoms with E-state index in [1.807, 2.05) is 19.1 Å². The first-order valence-electron chi connectivity index (χ1n) is 6.96. The van der Waals surface area contributed by atoms with Gasteiger partial charge >= 0.3 is 5.97 Å². The van der Waals surface area contributed by atoms with Gasteiger partial charge in [-0.25, -0.2) is 4.98 Å². The van der Waals surface area contributed by atoms with Crippen molar-refractivity contribution in [2.45, 2.75) is 37.7 Å². The van der Waals surface area contributed by atoms with E-state index in [1.54, 1.807) is 12.1 Å². The van der Waals surface area contributed by atoms with Crippen LogP contribution >= 0.6 is 11.6 Å². The summed E-state index contributed by atoms with van der Waals surface area (Å²) in [4.78, 5) is 16.7. The summed E-state index contributed by atoms with van der Waals surface area (Å²) in [5.41, 5.74) is 0.172. The summed E-state index contributed by atoms with van der Waals surface area (Å²) in [5, 5.41) is 7.41. The number of cyclic esters (lactones) is 1. The van der Waals surface area contributed by atoms with E-state index in [0.717, 1.165) is 12.0 Å². The first-order valence-corrected chi connectivity index (χ1v) is 7.33. The summed E-state index contributed by atoms with van der Waals surface area (Å²) < 4.78 is 5.52. The highest BCUT2D eigenvalue weighted by Gasteiger charge is 2.50. The Labute approximate surface area is 127 Å². The summed E-state index contributed by atoms with van der Waals surface area (Å²) in [5.74, 6) is 0.403. The van der Waals surface area contributed by atoms with Gasteiger partial charge in [-0.1, -0.05) is 30.7 Å². The third-order valence-corrected chi connectivity index (χ3v) is 4.27. The van der Waals surface area contributed by atoms with Gasteiger partial charge in [0, 0.05) is 17.9 Å². The number of aromatic amines is 1. The van der Waals surface area contributed by atoms with E-state index in [0.29, 0.717) is 23.7 Å². The Morgan fingerprint density at radius 2 is 2.19 bits per heavy atom. The molecule has 0 radical (unpaired) electrons. The normalized spacial score (nSPS) is 25.0. The van der Waals surface area contributed by atoms with Crippen LogP contribution in [0.5, 0.6) is 0 Å². The number of ether oxygens (including phenoxy) is 1. The molecule has 1 saturated heterocycles. The average molecular weight is 306 g/mol. The van der Waals surface area contributed by atoms with Crippen molar-refractivity contribution in [1.82, 2.24) is 15.2 Å². The van der Waals surface area contributed by atoms with Crippen LogP contribution in [0, 0.1) is 0 Å². The molecule has 1 N–H and O–H groups in total. The lowest BCUT2D eigenvalue weighted by Crippen LogP contribution is -2.34. The lowest BCUT2D eigenvalue weighted by molar-refractivity contribution is -0.145. The van der Waals surface area contributed by atoms with Crippen LogP contribution in [0.25, 0.3) is 0 Å². The van der Waals surface area contributed by atoms with Crippen molar-refractivity contribution in [1.29, 1.82) is 0 Å². The SMILES string of the molecule is CCC1CC(Cc2nc[nH]n2)(c2ccc(Cl)cc2)C(=O)O1. The molecule has 1 aromatic carbocycles. The first-order chi connectivity index (χ1) is 10.1. The number of esters is 1. The van der Waals surface area contributed by atoms with Crippen molar-refractivity contribution in [3.8, 4) is 0 Å². The van der Waals surface area contributed by atoms with E-state index in [9.17, 15) is 4.79 Å². The molecule has 2 aromatic rings. The number of H-pyrrole nitrogens is 1. The van der Waals surface area contributed by atoms with E-state index < -0.39 is 5.41 Å². The van der Waals surface area contributed by atoms with Crippen LogP contribution < -0.4 is 0 Å². The van der Waals surface area contributed by atoms with Crippen LogP contribution in [0.1, 0.15) is 31.2 Å². The number of benzene rings is 1. The predicted molar refractivity (Wildman–Crippen MR) is 78.0 cm³/mol. The number of hydrogen-bond acceptors (Lipinski definition) is 4. The number of carbonyl (C=O) groups excluding carboxylic acids is 1. The number of carbonyl (C=O) groups is 1. The van der Waals surface area contributed by atoms with Crippen molar-refractivity contribution < 1.29 is 9.53 Å². The van der Waals surface area contributed by atoms with Crippen molar-refractivity contribution in [3.05, 3.63) is 47.0 Å². The van der Waals surface area contributed by atoms with E-state index in [2.05, 4.69) is 15.2 Å². The second kappa shape index (κ2) is 5.48. The maximum atomic E-state index is 12.6. The molecule has 0 spiro atoms. The maximum absolute atomic E-state index is 12.6. The van der Waals surface area contributed by atoms with E-state index in [1.165, 1.54) is 6.33 Å². The van der Waals surface area contributed by atoms with Crippen LogP contribution in [0.15, 0.2) is 30.6 Å². The smallest absolute Gasteiger partial charge is 0.317 e. The Morgan fingerprint density at radius 1 is 1.43 bits per heavy atom. The van der Waals surface area contributed by atoms with Gasteiger partial charge in [-0.3, -0.25) is 9.89 Å². The number of nitrogens with zero attached hydrogens (tertiary/aromatic N) is 2. The number of nitrogens with one attached hydrogen (secondary N) is 1. The Hall–Kier alpha value is -1.88. The molecule has 6 heteroatoms. The van der Waals surface area contributed by atoms with Crippen LogP contribution in [-0.2, 0) is 21.4 Å².